The summed E-state index contributed by atoms with van der Waals surface area (Å²) in [6.45, 7) is 2.69. The van der Waals surface area contributed by atoms with E-state index in [4.69, 9.17) is 9.52 Å². The van der Waals surface area contributed by atoms with Gasteiger partial charge in [-0.1, -0.05) is 79.2 Å². The molecule has 0 amide bonds. The summed E-state index contributed by atoms with van der Waals surface area (Å²) in [7, 11) is 0. The zero-order valence-corrected chi connectivity index (χ0v) is 21.9. The number of fused-ring (bicyclic) bond motifs is 1. The second kappa shape index (κ2) is 11.7. The molecule has 3 aromatic rings. The van der Waals surface area contributed by atoms with Crippen LogP contribution >= 0.6 is 0 Å². The number of rotatable bonds is 9. The maximum Gasteiger partial charge on any atom is 0.168 e. The lowest BCUT2D eigenvalue weighted by Gasteiger charge is -2.25. The third-order valence-corrected chi connectivity index (χ3v) is 7.66. The average molecular weight is 511 g/mol. The van der Waals surface area contributed by atoms with E-state index in [0.717, 1.165) is 24.0 Å². The van der Waals surface area contributed by atoms with Crippen molar-refractivity contribution in [1.29, 1.82) is 0 Å². The summed E-state index contributed by atoms with van der Waals surface area (Å²) in [4.78, 5) is 31.2. The van der Waals surface area contributed by atoms with E-state index in [1.807, 2.05) is 60.7 Å². The van der Waals surface area contributed by atoms with Crippen molar-refractivity contribution in [3.63, 3.8) is 0 Å². The number of aliphatic hydroxyl groups is 1. The fourth-order valence-electron chi connectivity index (χ4n) is 5.65. The smallest absolute Gasteiger partial charge is 0.168 e. The highest BCUT2D eigenvalue weighted by atomic mass is 16.5. The molecule has 0 fully saturated rings. The van der Waals surface area contributed by atoms with Crippen LogP contribution < -0.4 is 0 Å². The van der Waals surface area contributed by atoms with E-state index in [9.17, 15) is 14.7 Å². The second-order valence-electron chi connectivity index (χ2n) is 10.3. The maximum atomic E-state index is 13.3. The Morgan fingerprint density at radius 1 is 0.921 bits per heavy atom. The Morgan fingerprint density at radius 3 is 2.18 bits per heavy atom. The predicted octanol–water partition coefficient (Wildman–Crippen LogP) is 6.72. The summed E-state index contributed by atoms with van der Waals surface area (Å²) in [5, 5.41) is 15.3. The van der Waals surface area contributed by atoms with Crippen molar-refractivity contribution in [3.05, 3.63) is 100 Å². The first-order chi connectivity index (χ1) is 18.5. The lowest BCUT2D eigenvalue weighted by molar-refractivity contribution is -0.116. The molecule has 1 heterocycles. The Bertz CT molecular complexity index is 1350. The number of unbranched alkanes of at least 4 members (excludes halogenated alkanes) is 1. The van der Waals surface area contributed by atoms with Crippen LogP contribution in [0, 0.1) is 0 Å². The van der Waals surface area contributed by atoms with E-state index >= 15 is 0 Å². The summed E-state index contributed by atoms with van der Waals surface area (Å²) in [6, 6.07) is 19.9. The van der Waals surface area contributed by atoms with Gasteiger partial charge in [0.25, 0.3) is 0 Å². The molecule has 2 unspecified atom stereocenters. The fraction of sp³-hybridized carbons (Fsp3) is 0.375. The number of benzene rings is 2. The van der Waals surface area contributed by atoms with Gasteiger partial charge < -0.3 is 9.63 Å². The van der Waals surface area contributed by atoms with Gasteiger partial charge in [0.05, 0.1) is 16.8 Å². The minimum absolute atomic E-state index is 0.0397. The number of aryl methyl sites for hydroxylation is 1. The number of aliphatic imine (C=N–C) groups is 1. The van der Waals surface area contributed by atoms with Crippen LogP contribution in [-0.4, -0.2) is 34.1 Å². The molecule has 2 aliphatic rings. The zero-order valence-electron chi connectivity index (χ0n) is 21.9. The van der Waals surface area contributed by atoms with Crippen LogP contribution in [0.1, 0.15) is 90.2 Å². The molecule has 0 bridgehead atoms. The molecule has 0 spiro atoms. The molecule has 6 heteroatoms. The fourth-order valence-corrected chi connectivity index (χ4v) is 5.65. The second-order valence-corrected chi connectivity index (χ2v) is 10.3. The predicted molar refractivity (Wildman–Crippen MR) is 147 cm³/mol. The molecule has 38 heavy (non-hydrogen) atoms. The summed E-state index contributed by atoms with van der Waals surface area (Å²) in [5.41, 5.74) is 4.34. The molecule has 1 aromatic heterocycles. The lowest BCUT2D eigenvalue weighted by atomic mass is 9.80. The molecule has 2 aromatic carbocycles. The van der Waals surface area contributed by atoms with Crippen molar-refractivity contribution in [2.75, 3.05) is 6.54 Å². The molecule has 0 saturated heterocycles. The van der Waals surface area contributed by atoms with Crippen LogP contribution in [0.25, 0.3) is 0 Å². The molecule has 196 valence electrons. The number of hydrogen-bond donors (Lipinski definition) is 1. The van der Waals surface area contributed by atoms with Gasteiger partial charge in [0, 0.05) is 37.9 Å². The standard InChI is InChI=1S/C32H34N2O4/c1-2-3-16-33-25(31-27(35)17-23(18-28(31)36)21-10-6-4-7-11-21)14-15-26-32-29(37)19-24(20-30(32)38-34-26)22-12-8-5-9-13-22/h4-13,23-24,35H,2-3,14-20H2,1H3. The third-order valence-electron chi connectivity index (χ3n) is 7.66. The SMILES string of the molecule is CCCCN=C(CCc1noc2c1C(=O)CC(c1ccccc1)C2)C1=C(O)CC(c2ccccc2)CC1=O. The summed E-state index contributed by atoms with van der Waals surface area (Å²) < 4.78 is 5.65. The van der Waals surface area contributed by atoms with Crippen LogP contribution in [0.4, 0.5) is 0 Å². The average Bonchev–Trinajstić information content (AvgIpc) is 3.35. The Kier molecular flexibility index (Phi) is 7.97. The van der Waals surface area contributed by atoms with Gasteiger partial charge in [-0.05, 0) is 42.2 Å². The number of ketones is 2. The van der Waals surface area contributed by atoms with Crippen molar-refractivity contribution in [3.8, 4) is 0 Å². The number of carbonyl (C=O) groups is 2. The number of allylic oxidation sites excluding steroid dienone is 2. The number of carbonyl (C=O) groups excluding carboxylic acids is 2. The van der Waals surface area contributed by atoms with Crippen molar-refractivity contribution in [2.24, 2.45) is 4.99 Å². The van der Waals surface area contributed by atoms with Gasteiger partial charge >= 0.3 is 0 Å². The van der Waals surface area contributed by atoms with E-state index in [1.165, 1.54) is 0 Å². The van der Waals surface area contributed by atoms with E-state index in [1.54, 1.807) is 0 Å². The van der Waals surface area contributed by atoms with E-state index in [0.29, 0.717) is 73.4 Å². The van der Waals surface area contributed by atoms with Crippen LogP contribution in [0.2, 0.25) is 0 Å². The van der Waals surface area contributed by atoms with Gasteiger partial charge in [0.1, 0.15) is 11.5 Å². The first-order valence-electron chi connectivity index (χ1n) is 13.6. The van der Waals surface area contributed by atoms with Gasteiger partial charge in [0.15, 0.2) is 11.6 Å². The highest BCUT2D eigenvalue weighted by Gasteiger charge is 2.34. The Hall–Kier alpha value is -3.80. The third kappa shape index (κ3) is 5.54. The van der Waals surface area contributed by atoms with Crippen molar-refractivity contribution >= 4 is 17.3 Å². The zero-order chi connectivity index (χ0) is 26.5. The van der Waals surface area contributed by atoms with Gasteiger partial charge in [-0.3, -0.25) is 14.6 Å². The molecule has 2 aliphatic carbocycles. The van der Waals surface area contributed by atoms with Crippen molar-refractivity contribution < 1.29 is 19.2 Å². The number of nitrogens with zero attached hydrogens (tertiary/aromatic N) is 2. The number of aromatic nitrogens is 1. The van der Waals surface area contributed by atoms with Crippen LogP contribution in [-0.2, 0) is 17.6 Å². The molecule has 0 aliphatic heterocycles. The van der Waals surface area contributed by atoms with Gasteiger partial charge in [-0.25, -0.2) is 0 Å². The van der Waals surface area contributed by atoms with E-state index < -0.39 is 0 Å². The van der Waals surface area contributed by atoms with Crippen LogP contribution in [0.3, 0.4) is 0 Å². The monoisotopic (exact) mass is 510 g/mol. The normalized spacial score (nSPS) is 20.1. The Labute approximate surface area is 223 Å². The molecule has 0 saturated carbocycles. The summed E-state index contributed by atoms with van der Waals surface area (Å²) >= 11 is 0. The number of aliphatic hydroxyl groups excluding tert-OH is 1. The summed E-state index contributed by atoms with van der Waals surface area (Å²) in [5.74, 6) is 0.749. The van der Waals surface area contributed by atoms with Crippen LogP contribution in [0.5, 0.6) is 0 Å². The Balaban J connectivity index is 1.35. The minimum atomic E-state index is -0.0817. The largest absolute Gasteiger partial charge is 0.511 e. The molecular weight excluding hydrogens is 476 g/mol. The van der Waals surface area contributed by atoms with Crippen LogP contribution in [0.15, 0.2) is 81.5 Å². The highest BCUT2D eigenvalue weighted by molar-refractivity contribution is 6.23. The lowest BCUT2D eigenvalue weighted by Crippen LogP contribution is -2.25. The minimum Gasteiger partial charge on any atom is -0.511 e. The van der Waals surface area contributed by atoms with Crippen molar-refractivity contribution in [2.45, 2.75) is 70.1 Å². The first kappa shape index (κ1) is 25.8. The summed E-state index contributed by atoms with van der Waals surface area (Å²) in [6.07, 6.45) is 4.55. The topological polar surface area (TPSA) is 92.8 Å². The van der Waals surface area contributed by atoms with Gasteiger partial charge in [0.2, 0.25) is 0 Å². The number of hydrogen-bond acceptors (Lipinski definition) is 6. The molecule has 1 N–H and O–H groups in total. The van der Waals surface area contributed by atoms with E-state index in [-0.39, 0.29) is 29.2 Å². The van der Waals surface area contributed by atoms with E-state index in [2.05, 4.69) is 12.1 Å². The van der Waals surface area contributed by atoms with Crippen molar-refractivity contribution in [1.82, 2.24) is 5.16 Å². The van der Waals surface area contributed by atoms with Gasteiger partial charge in [-0.15, -0.1) is 0 Å². The molecule has 6 nitrogen and oxygen atoms in total. The molecule has 2 atom stereocenters. The number of Topliss-reactive ketones (excluding diaryl/α,β-unsaturated/α-hetero) is 2. The Morgan fingerprint density at radius 2 is 1.55 bits per heavy atom. The first-order valence-corrected chi connectivity index (χ1v) is 13.6. The highest BCUT2D eigenvalue weighted by Crippen LogP contribution is 2.36. The molecule has 0 radical (unpaired) electrons. The molecule has 5 rings (SSSR count). The van der Waals surface area contributed by atoms with Gasteiger partial charge in [-0.2, -0.15) is 0 Å². The molecular formula is C32H34N2O4. The maximum absolute atomic E-state index is 13.3. The quantitative estimate of drug-likeness (QED) is 0.255.